The second-order valence-electron chi connectivity index (χ2n) is 14.7. The highest BCUT2D eigenvalue weighted by molar-refractivity contribution is 5.86. The van der Waals surface area contributed by atoms with E-state index in [4.69, 9.17) is 14.2 Å². The Kier molecular flexibility index (Phi) is 9.62. The summed E-state index contributed by atoms with van der Waals surface area (Å²) in [5, 5.41) is 12.0. The van der Waals surface area contributed by atoms with Gasteiger partial charge in [-0.15, -0.1) is 0 Å². The average Bonchev–Trinajstić information content (AvgIpc) is 3.02. The van der Waals surface area contributed by atoms with Crippen molar-refractivity contribution in [1.82, 2.24) is 5.32 Å². The predicted octanol–water partition coefficient (Wildman–Crippen LogP) is 8.79. The SMILES string of the molecule is CC(C)(C)OC(=O)NCCCOc1cc(/C=C/C(=O)O)ccc1-c1ccc(OCc2ccccc2)c(C23CC4CC(CC(C4)C2)C3)c1. The first-order valence-corrected chi connectivity index (χ1v) is 17.0. The largest absolute Gasteiger partial charge is 0.493 e. The Morgan fingerprint density at radius 3 is 2.26 bits per heavy atom. The molecule has 4 aliphatic carbocycles. The fourth-order valence-electron chi connectivity index (χ4n) is 8.34. The Hall–Kier alpha value is -4.26. The minimum absolute atomic E-state index is 0.120. The van der Waals surface area contributed by atoms with Crippen molar-refractivity contribution in [1.29, 1.82) is 0 Å². The highest BCUT2D eigenvalue weighted by Gasteiger charge is 2.52. The van der Waals surface area contributed by atoms with Gasteiger partial charge in [0.25, 0.3) is 0 Å². The van der Waals surface area contributed by atoms with Gasteiger partial charge in [-0.1, -0.05) is 48.5 Å². The van der Waals surface area contributed by atoms with Crippen LogP contribution in [0.2, 0.25) is 0 Å². The van der Waals surface area contributed by atoms with Crippen molar-refractivity contribution in [3.05, 3.63) is 89.5 Å². The third kappa shape index (κ3) is 8.19. The molecule has 47 heavy (non-hydrogen) atoms. The van der Waals surface area contributed by atoms with Gasteiger partial charge in [0.15, 0.2) is 0 Å². The molecule has 4 aliphatic rings. The number of carbonyl (C=O) groups excluding carboxylic acids is 1. The summed E-state index contributed by atoms with van der Waals surface area (Å²) in [4.78, 5) is 23.3. The first kappa shape index (κ1) is 32.7. The molecule has 2 N–H and O–H groups in total. The van der Waals surface area contributed by atoms with Crippen LogP contribution in [-0.2, 0) is 21.6 Å². The zero-order valence-electron chi connectivity index (χ0n) is 27.8. The molecule has 0 atom stereocenters. The Bertz CT molecular complexity index is 1570. The third-order valence-corrected chi connectivity index (χ3v) is 9.81. The van der Waals surface area contributed by atoms with Crippen LogP contribution in [0.1, 0.15) is 82.4 Å². The van der Waals surface area contributed by atoms with Crippen molar-refractivity contribution in [2.45, 2.75) is 83.3 Å². The lowest BCUT2D eigenvalue weighted by Crippen LogP contribution is -2.48. The van der Waals surface area contributed by atoms with Crippen LogP contribution in [-0.4, -0.2) is 35.9 Å². The summed E-state index contributed by atoms with van der Waals surface area (Å²) >= 11 is 0. The predicted molar refractivity (Wildman–Crippen MR) is 184 cm³/mol. The summed E-state index contributed by atoms with van der Waals surface area (Å²) in [6, 6.07) is 22.7. The summed E-state index contributed by atoms with van der Waals surface area (Å²) < 4.78 is 18.3. The second-order valence-corrected chi connectivity index (χ2v) is 14.7. The lowest BCUT2D eigenvalue weighted by molar-refractivity contribution is -0.131. The molecule has 7 rings (SSSR count). The monoisotopic (exact) mass is 637 g/mol. The lowest BCUT2D eigenvalue weighted by Gasteiger charge is -2.57. The van der Waals surface area contributed by atoms with Gasteiger partial charge >= 0.3 is 12.1 Å². The van der Waals surface area contributed by atoms with Crippen LogP contribution in [0.15, 0.2) is 72.8 Å². The van der Waals surface area contributed by atoms with Crippen LogP contribution < -0.4 is 14.8 Å². The van der Waals surface area contributed by atoms with Crippen molar-refractivity contribution in [3.8, 4) is 22.6 Å². The van der Waals surface area contributed by atoms with Crippen LogP contribution in [0.4, 0.5) is 4.79 Å². The maximum absolute atomic E-state index is 12.1. The van der Waals surface area contributed by atoms with E-state index in [1.807, 2.05) is 57.2 Å². The molecular weight excluding hydrogens is 590 g/mol. The normalized spacial score (nSPS) is 23.1. The van der Waals surface area contributed by atoms with Crippen molar-refractivity contribution in [3.63, 3.8) is 0 Å². The third-order valence-electron chi connectivity index (χ3n) is 9.81. The highest BCUT2D eigenvalue weighted by atomic mass is 16.6. The van der Waals surface area contributed by atoms with Crippen molar-refractivity contribution in [2.24, 2.45) is 17.8 Å². The number of amides is 1. The molecule has 4 fully saturated rings. The average molecular weight is 638 g/mol. The Morgan fingerprint density at radius 2 is 1.60 bits per heavy atom. The first-order chi connectivity index (χ1) is 22.5. The number of hydrogen-bond donors (Lipinski definition) is 2. The Labute approximate surface area is 278 Å². The molecule has 0 radical (unpaired) electrons. The van der Waals surface area contributed by atoms with Gasteiger partial charge < -0.3 is 24.6 Å². The molecule has 0 unspecified atom stereocenters. The smallest absolute Gasteiger partial charge is 0.407 e. The number of aliphatic carboxylic acids is 1. The zero-order valence-corrected chi connectivity index (χ0v) is 27.8. The minimum atomic E-state index is -1.00. The quantitative estimate of drug-likeness (QED) is 0.152. The van der Waals surface area contributed by atoms with Gasteiger partial charge in [0.1, 0.15) is 23.7 Å². The van der Waals surface area contributed by atoms with Crippen LogP contribution >= 0.6 is 0 Å². The van der Waals surface area contributed by atoms with Crippen LogP contribution in [0.5, 0.6) is 11.5 Å². The molecule has 0 saturated heterocycles. The fourth-order valence-corrected chi connectivity index (χ4v) is 8.34. The highest BCUT2D eigenvalue weighted by Crippen LogP contribution is 2.62. The van der Waals surface area contributed by atoms with E-state index >= 15 is 0 Å². The summed E-state index contributed by atoms with van der Waals surface area (Å²) in [7, 11) is 0. The van der Waals surface area contributed by atoms with Gasteiger partial charge in [0, 0.05) is 23.7 Å². The molecular formula is C40H47NO6. The van der Waals surface area contributed by atoms with Crippen molar-refractivity contribution in [2.75, 3.05) is 13.2 Å². The molecule has 0 heterocycles. The number of ether oxygens (including phenoxy) is 3. The van der Waals surface area contributed by atoms with Crippen LogP contribution in [0.3, 0.4) is 0 Å². The number of rotatable bonds is 12. The van der Waals surface area contributed by atoms with Crippen molar-refractivity contribution < 1.29 is 28.9 Å². The number of carboxylic acid groups (broad SMARTS) is 1. The van der Waals surface area contributed by atoms with Gasteiger partial charge in [0.05, 0.1) is 6.61 Å². The Morgan fingerprint density at radius 1 is 0.894 bits per heavy atom. The fraction of sp³-hybridized carbons (Fsp3) is 0.450. The van der Waals surface area contributed by atoms with Crippen LogP contribution in [0, 0.1) is 17.8 Å². The number of nitrogens with one attached hydrogen (secondary N) is 1. The maximum atomic E-state index is 12.1. The van der Waals surface area contributed by atoms with E-state index in [0.717, 1.165) is 51.8 Å². The van der Waals surface area contributed by atoms with Gasteiger partial charge in [0.2, 0.25) is 0 Å². The molecule has 3 aromatic carbocycles. The van der Waals surface area contributed by atoms with Crippen molar-refractivity contribution >= 4 is 18.1 Å². The molecule has 0 aliphatic heterocycles. The standard InChI is InChI=1S/C40H47NO6/c1-39(2,3)47-38(44)41-16-7-17-45-36-21-27(11-15-37(42)43)10-13-33(36)32-12-14-35(46-26-28-8-5-4-6-9-28)34(22-32)40-23-29-18-30(24-40)20-31(19-29)25-40/h4-6,8-15,21-22,29-31H,7,16-20,23-26H2,1-3H3,(H,41,44)(H,42,43)/b15-11+. The zero-order chi connectivity index (χ0) is 33.0. The first-order valence-electron chi connectivity index (χ1n) is 17.0. The van der Waals surface area contributed by atoms with E-state index in [9.17, 15) is 14.7 Å². The second kappa shape index (κ2) is 13.8. The number of carbonyl (C=O) groups is 2. The van der Waals surface area contributed by atoms with E-state index in [0.29, 0.717) is 31.9 Å². The number of alkyl carbamates (subject to hydrolysis) is 1. The molecule has 0 spiro atoms. The van der Waals surface area contributed by atoms with Gasteiger partial charge in [-0.2, -0.15) is 0 Å². The van der Waals surface area contributed by atoms with E-state index in [-0.39, 0.29) is 5.41 Å². The topological polar surface area (TPSA) is 94.1 Å². The van der Waals surface area contributed by atoms with E-state index in [2.05, 4.69) is 35.6 Å². The Balaban J connectivity index is 1.28. The maximum Gasteiger partial charge on any atom is 0.407 e. The van der Waals surface area contributed by atoms with Gasteiger partial charge in [-0.05, 0) is 130 Å². The summed E-state index contributed by atoms with van der Waals surface area (Å²) in [6.07, 6.45) is 10.6. The number of hydrogen-bond acceptors (Lipinski definition) is 5. The molecule has 3 aromatic rings. The van der Waals surface area contributed by atoms with Gasteiger partial charge in [-0.3, -0.25) is 0 Å². The molecule has 7 heteroatoms. The van der Waals surface area contributed by atoms with E-state index < -0.39 is 17.7 Å². The summed E-state index contributed by atoms with van der Waals surface area (Å²) in [5.74, 6) is 3.01. The molecule has 4 bridgehead atoms. The van der Waals surface area contributed by atoms with Crippen LogP contribution in [0.25, 0.3) is 17.2 Å². The van der Waals surface area contributed by atoms with E-state index in [1.165, 1.54) is 44.1 Å². The van der Waals surface area contributed by atoms with E-state index in [1.54, 1.807) is 6.08 Å². The summed E-state index contributed by atoms with van der Waals surface area (Å²) in [5.41, 5.74) is 4.76. The molecule has 7 nitrogen and oxygen atoms in total. The minimum Gasteiger partial charge on any atom is -0.493 e. The number of carboxylic acids is 1. The molecule has 0 aromatic heterocycles. The molecule has 4 saturated carbocycles. The molecule has 248 valence electrons. The summed E-state index contributed by atoms with van der Waals surface area (Å²) in [6.45, 7) is 6.80. The molecule has 1 amide bonds. The lowest BCUT2D eigenvalue weighted by atomic mass is 9.48. The van der Waals surface area contributed by atoms with Gasteiger partial charge in [-0.25, -0.2) is 9.59 Å². The number of benzene rings is 3.